The molecule has 0 atom stereocenters. The van der Waals surface area contributed by atoms with Gasteiger partial charge in [0.05, 0.1) is 28.0 Å². The molecule has 0 unspecified atom stereocenters. The van der Waals surface area contributed by atoms with Gasteiger partial charge in [-0.2, -0.15) is 5.10 Å². The van der Waals surface area contributed by atoms with Gasteiger partial charge >= 0.3 is 0 Å². The van der Waals surface area contributed by atoms with Gasteiger partial charge in [0, 0.05) is 18.2 Å². The van der Waals surface area contributed by atoms with Gasteiger partial charge in [-0.25, -0.2) is 9.50 Å². The molecule has 1 aliphatic rings. The highest BCUT2D eigenvalue weighted by Crippen LogP contribution is 2.34. The van der Waals surface area contributed by atoms with Crippen LogP contribution in [0.25, 0.3) is 16.9 Å². The quantitative estimate of drug-likeness (QED) is 0.484. The van der Waals surface area contributed by atoms with E-state index < -0.39 is 0 Å². The van der Waals surface area contributed by atoms with Gasteiger partial charge in [-0.3, -0.25) is 9.59 Å². The molecule has 1 aliphatic carbocycles. The number of thiophene rings is 1. The lowest BCUT2D eigenvalue weighted by atomic mass is 10.1. The Morgan fingerprint density at radius 3 is 2.79 bits per heavy atom. The number of nitrogens with zero attached hydrogens (tertiary/aromatic N) is 3. The Hall–Kier alpha value is -3.32. The highest BCUT2D eigenvalue weighted by atomic mass is 32.1. The Labute approximate surface area is 171 Å². The molecule has 3 heterocycles. The van der Waals surface area contributed by atoms with Crippen molar-refractivity contribution in [2.75, 3.05) is 5.32 Å². The molecule has 1 saturated carbocycles. The number of carbonyl (C=O) groups excluding carboxylic acids is 2. The van der Waals surface area contributed by atoms with Crippen molar-refractivity contribution >= 4 is 34.4 Å². The number of carbonyl (C=O) groups is 2. The molecule has 3 aromatic heterocycles. The van der Waals surface area contributed by atoms with Crippen LogP contribution < -0.4 is 5.32 Å². The Balaban J connectivity index is 1.54. The molecule has 0 bridgehead atoms. The Morgan fingerprint density at radius 2 is 2.00 bits per heavy atom. The molecule has 1 aromatic carbocycles. The van der Waals surface area contributed by atoms with Crippen LogP contribution in [0.3, 0.4) is 0 Å². The van der Waals surface area contributed by atoms with E-state index in [2.05, 4.69) is 15.4 Å². The van der Waals surface area contributed by atoms with Gasteiger partial charge in [0.2, 0.25) is 11.7 Å². The third kappa shape index (κ3) is 3.45. The van der Waals surface area contributed by atoms with E-state index in [4.69, 9.17) is 0 Å². The average molecular weight is 402 g/mol. The maximum absolute atomic E-state index is 12.8. The van der Waals surface area contributed by atoms with Gasteiger partial charge in [-0.1, -0.05) is 24.3 Å². The number of nitrogens with one attached hydrogen (secondary N) is 1. The molecule has 0 aliphatic heterocycles. The predicted molar refractivity (Wildman–Crippen MR) is 112 cm³/mol. The molecule has 1 amide bonds. The first-order valence-corrected chi connectivity index (χ1v) is 10.4. The van der Waals surface area contributed by atoms with Crippen LogP contribution in [-0.4, -0.2) is 26.3 Å². The molecule has 0 spiro atoms. The van der Waals surface area contributed by atoms with E-state index in [-0.39, 0.29) is 11.7 Å². The van der Waals surface area contributed by atoms with Crippen LogP contribution in [0.1, 0.15) is 34.5 Å². The van der Waals surface area contributed by atoms with E-state index in [0.29, 0.717) is 28.4 Å². The zero-order valence-electron chi connectivity index (χ0n) is 15.5. The number of benzene rings is 1. The number of amides is 1. The van der Waals surface area contributed by atoms with Crippen LogP contribution >= 0.6 is 11.3 Å². The fourth-order valence-corrected chi connectivity index (χ4v) is 4.07. The van der Waals surface area contributed by atoms with Crippen molar-refractivity contribution in [3.8, 4) is 11.3 Å². The first kappa shape index (κ1) is 17.8. The first-order valence-electron chi connectivity index (χ1n) is 9.51. The van der Waals surface area contributed by atoms with E-state index in [1.807, 2.05) is 41.8 Å². The highest BCUT2D eigenvalue weighted by molar-refractivity contribution is 7.12. The van der Waals surface area contributed by atoms with Crippen molar-refractivity contribution in [3.05, 3.63) is 70.7 Å². The summed E-state index contributed by atoms with van der Waals surface area (Å²) in [7, 11) is 0. The minimum atomic E-state index is -0.0920. The summed E-state index contributed by atoms with van der Waals surface area (Å²) in [5.41, 5.74) is 3.29. The third-order valence-electron chi connectivity index (χ3n) is 5.04. The SMILES string of the molecule is O=C(CC1CC1)Nc1ccccc1-c1ccnc2c(C(=O)c3cccs3)cnn12. The van der Waals surface area contributed by atoms with Crippen LogP contribution in [0.2, 0.25) is 0 Å². The average Bonchev–Trinajstić information content (AvgIpc) is 3.21. The van der Waals surface area contributed by atoms with Crippen LogP contribution in [0.4, 0.5) is 5.69 Å². The molecular formula is C22H18N4O2S. The van der Waals surface area contributed by atoms with Crippen molar-refractivity contribution in [3.63, 3.8) is 0 Å². The normalized spacial score (nSPS) is 13.5. The molecule has 7 heteroatoms. The number of rotatable bonds is 6. The lowest BCUT2D eigenvalue weighted by Crippen LogP contribution is -2.13. The number of ketones is 1. The second-order valence-electron chi connectivity index (χ2n) is 7.17. The molecule has 0 radical (unpaired) electrons. The Kier molecular flexibility index (Phi) is 4.44. The fraction of sp³-hybridized carbons (Fsp3) is 0.182. The monoisotopic (exact) mass is 402 g/mol. The van der Waals surface area contributed by atoms with Crippen LogP contribution in [0.5, 0.6) is 0 Å². The molecule has 4 aromatic rings. The maximum Gasteiger partial charge on any atom is 0.224 e. The number of hydrogen-bond acceptors (Lipinski definition) is 5. The van der Waals surface area contributed by atoms with E-state index >= 15 is 0 Å². The smallest absolute Gasteiger partial charge is 0.224 e. The van der Waals surface area contributed by atoms with Gasteiger partial charge < -0.3 is 5.32 Å². The number of para-hydroxylation sites is 1. The van der Waals surface area contributed by atoms with E-state index in [0.717, 1.165) is 29.8 Å². The number of hydrogen-bond donors (Lipinski definition) is 1. The molecular weight excluding hydrogens is 384 g/mol. The summed E-state index contributed by atoms with van der Waals surface area (Å²) >= 11 is 1.40. The van der Waals surface area contributed by atoms with Crippen molar-refractivity contribution in [1.82, 2.24) is 14.6 Å². The van der Waals surface area contributed by atoms with Crippen LogP contribution in [0, 0.1) is 5.92 Å². The number of aromatic nitrogens is 3. The molecule has 6 nitrogen and oxygen atoms in total. The molecule has 1 N–H and O–H groups in total. The summed E-state index contributed by atoms with van der Waals surface area (Å²) in [6.45, 7) is 0. The van der Waals surface area contributed by atoms with Gasteiger partial charge in [-0.15, -0.1) is 11.3 Å². The highest BCUT2D eigenvalue weighted by Gasteiger charge is 2.25. The topological polar surface area (TPSA) is 76.4 Å². The second-order valence-corrected chi connectivity index (χ2v) is 8.12. The lowest BCUT2D eigenvalue weighted by Gasteiger charge is -2.12. The Morgan fingerprint density at radius 1 is 1.14 bits per heavy atom. The second kappa shape index (κ2) is 7.25. The largest absolute Gasteiger partial charge is 0.325 e. The third-order valence-corrected chi connectivity index (χ3v) is 5.91. The van der Waals surface area contributed by atoms with Crippen molar-refractivity contribution in [1.29, 1.82) is 0 Å². The zero-order valence-corrected chi connectivity index (χ0v) is 16.4. The number of fused-ring (bicyclic) bond motifs is 1. The minimum absolute atomic E-state index is 0.0271. The van der Waals surface area contributed by atoms with Crippen molar-refractivity contribution in [2.24, 2.45) is 5.92 Å². The van der Waals surface area contributed by atoms with Crippen LogP contribution in [-0.2, 0) is 4.79 Å². The maximum atomic E-state index is 12.8. The lowest BCUT2D eigenvalue weighted by molar-refractivity contribution is -0.116. The van der Waals surface area contributed by atoms with Crippen molar-refractivity contribution in [2.45, 2.75) is 19.3 Å². The number of anilines is 1. The molecule has 1 fully saturated rings. The molecule has 5 rings (SSSR count). The summed E-state index contributed by atoms with van der Waals surface area (Å²) in [6.07, 6.45) is 6.05. The molecule has 0 saturated heterocycles. The molecule has 29 heavy (non-hydrogen) atoms. The summed E-state index contributed by atoms with van der Waals surface area (Å²) in [4.78, 5) is 30.2. The molecule has 144 valence electrons. The van der Waals surface area contributed by atoms with Gasteiger partial charge in [0.15, 0.2) is 5.65 Å². The van der Waals surface area contributed by atoms with Gasteiger partial charge in [0.25, 0.3) is 0 Å². The summed E-state index contributed by atoms with van der Waals surface area (Å²) in [5.74, 6) is 0.455. The van der Waals surface area contributed by atoms with Gasteiger partial charge in [-0.05, 0) is 42.3 Å². The van der Waals surface area contributed by atoms with Crippen molar-refractivity contribution < 1.29 is 9.59 Å². The fourth-order valence-electron chi connectivity index (χ4n) is 3.40. The Bertz CT molecular complexity index is 1210. The predicted octanol–water partition coefficient (Wildman–Crippen LogP) is 4.43. The van der Waals surface area contributed by atoms with E-state index in [1.165, 1.54) is 11.3 Å². The minimum Gasteiger partial charge on any atom is -0.325 e. The van der Waals surface area contributed by atoms with E-state index in [9.17, 15) is 9.59 Å². The van der Waals surface area contributed by atoms with Crippen LogP contribution in [0.15, 0.2) is 60.2 Å². The van der Waals surface area contributed by atoms with Gasteiger partial charge in [0.1, 0.15) is 0 Å². The first-order chi connectivity index (χ1) is 14.2. The standard InChI is InChI=1S/C22H18N4O2S/c27-20(12-14-7-8-14)25-17-5-2-1-4-15(17)18-9-10-23-22-16(13-24-26(18)22)21(28)19-6-3-11-29-19/h1-6,9-11,13-14H,7-8,12H2,(H,25,27). The summed E-state index contributed by atoms with van der Waals surface area (Å²) < 4.78 is 1.66. The zero-order chi connectivity index (χ0) is 19.8. The summed E-state index contributed by atoms with van der Waals surface area (Å²) in [5, 5.41) is 9.33. The summed E-state index contributed by atoms with van der Waals surface area (Å²) in [6, 6.07) is 13.1. The van der Waals surface area contributed by atoms with E-state index in [1.54, 1.807) is 23.0 Å².